The van der Waals surface area contributed by atoms with Gasteiger partial charge in [-0.25, -0.2) is 4.98 Å². The van der Waals surface area contributed by atoms with Crippen molar-refractivity contribution < 1.29 is 5.11 Å². The quantitative estimate of drug-likeness (QED) is 0.702. The molecule has 0 aromatic carbocycles. The molecule has 0 spiro atoms. The van der Waals surface area contributed by atoms with E-state index in [1.807, 2.05) is 20.9 Å². The van der Waals surface area contributed by atoms with Crippen LogP contribution in [-0.2, 0) is 13.6 Å². The zero-order chi connectivity index (χ0) is 10.6. The van der Waals surface area contributed by atoms with Crippen molar-refractivity contribution in [2.45, 2.75) is 32.4 Å². The van der Waals surface area contributed by atoms with E-state index in [-0.39, 0.29) is 12.1 Å². The normalized spacial score (nSPS) is 15.4. The smallest absolute Gasteiger partial charge is 0.140 e. The summed E-state index contributed by atoms with van der Waals surface area (Å²) < 4.78 is 1.72. The second-order valence-electron chi connectivity index (χ2n) is 3.73. The summed E-state index contributed by atoms with van der Waals surface area (Å²) in [4.78, 5) is 4.10. The zero-order valence-corrected chi connectivity index (χ0v) is 8.99. The maximum absolute atomic E-state index is 9.18. The van der Waals surface area contributed by atoms with Crippen LogP contribution in [-0.4, -0.2) is 32.0 Å². The number of hydrogen-bond donors (Lipinski definition) is 2. The number of rotatable bonds is 5. The molecule has 0 aliphatic carbocycles. The van der Waals surface area contributed by atoms with E-state index in [1.54, 1.807) is 4.68 Å². The van der Waals surface area contributed by atoms with Crippen LogP contribution in [0.2, 0.25) is 0 Å². The highest BCUT2D eigenvalue weighted by molar-refractivity contribution is 4.88. The van der Waals surface area contributed by atoms with Crippen molar-refractivity contribution >= 4 is 0 Å². The van der Waals surface area contributed by atoms with Crippen LogP contribution in [0, 0.1) is 0 Å². The third-order valence-electron chi connectivity index (χ3n) is 2.61. The first-order valence-corrected chi connectivity index (χ1v) is 4.80. The van der Waals surface area contributed by atoms with Crippen LogP contribution >= 0.6 is 0 Å². The van der Waals surface area contributed by atoms with Gasteiger partial charge in [-0.1, -0.05) is 6.92 Å². The molecule has 0 radical (unpaired) electrons. The van der Waals surface area contributed by atoms with Crippen molar-refractivity contribution in [1.29, 1.82) is 0 Å². The zero-order valence-electron chi connectivity index (χ0n) is 8.99. The summed E-state index contributed by atoms with van der Waals surface area (Å²) in [7, 11) is 1.85. The Labute approximate surface area is 84.2 Å². The summed E-state index contributed by atoms with van der Waals surface area (Å²) in [6.45, 7) is 4.78. The van der Waals surface area contributed by atoms with Gasteiger partial charge < -0.3 is 10.4 Å². The van der Waals surface area contributed by atoms with E-state index in [0.29, 0.717) is 6.54 Å². The summed E-state index contributed by atoms with van der Waals surface area (Å²) in [6.07, 6.45) is 2.40. The molecule has 0 saturated heterocycles. The van der Waals surface area contributed by atoms with Gasteiger partial charge in [0.1, 0.15) is 12.2 Å². The van der Waals surface area contributed by atoms with Crippen LogP contribution < -0.4 is 5.32 Å². The molecule has 1 atom stereocenters. The number of aliphatic hydroxyl groups excluding tert-OH is 1. The maximum atomic E-state index is 9.18. The fourth-order valence-corrected chi connectivity index (χ4v) is 1.07. The second kappa shape index (κ2) is 4.52. The summed E-state index contributed by atoms with van der Waals surface area (Å²) in [5.41, 5.74) is -0.230. The van der Waals surface area contributed by atoms with Gasteiger partial charge in [-0.2, -0.15) is 5.10 Å². The van der Waals surface area contributed by atoms with Gasteiger partial charge in [0.15, 0.2) is 0 Å². The van der Waals surface area contributed by atoms with Crippen LogP contribution in [0.1, 0.15) is 26.1 Å². The van der Waals surface area contributed by atoms with Crippen LogP contribution in [0.15, 0.2) is 6.33 Å². The molecular formula is C9H18N4O. The number of aryl methyl sites for hydroxylation is 1. The second-order valence-corrected chi connectivity index (χ2v) is 3.73. The molecule has 0 fully saturated rings. The Bertz CT molecular complexity index is 280. The lowest BCUT2D eigenvalue weighted by Gasteiger charge is -2.26. The molecule has 14 heavy (non-hydrogen) atoms. The van der Waals surface area contributed by atoms with Crippen LogP contribution in [0.3, 0.4) is 0 Å². The van der Waals surface area contributed by atoms with Crippen molar-refractivity contribution in [3.05, 3.63) is 12.2 Å². The van der Waals surface area contributed by atoms with Gasteiger partial charge in [-0.05, 0) is 13.3 Å². The first-order valence-electron chi connectivity index (χ1n) is 4.80. The van der Waals surface area contributed by atoms with Gasteiger partial charge >= 0.3 is 0 Å². The lowest BCUT2D eigenvalue weighted by molar-refractivity contribution is 0.167. The molecule has 1 unspecified atom stereocenters. The van der Waals surface area contributed by atoms with Gasteiger partial charge in [0.25, 0.3) is 0 Å². The van der Waals surface area contributed by atoms with E-state index in [2.05, 4.69) is 15.4 Å². The summed E-state index contributed by atoms with van der Waals surface area (Å²) in [5, 5.41) is 16.4. The molecular weight excluding hydrogens is 180 g/mol. The Hall–Kier alpha value is -0.940. The number of nitrogens with one attached hydrogen (secondary N) is 1. The first-order chi connectivity index (χ1) is 6.61. The Kier molecular flexibility index (Phi) is 3.60. The van der Waals surface area contributed by atoms with E-state index in [1.165, 1.54) is 6.33 Å². The molecule has 1 aromatic heterocycles. The molecule has 1 rings (SSSR count). The Morgan fingerprint density at radius 3 is 2.79 bits per heavy atom. The highest BCUT2D eigenvalue weighted by Crippen LogP contribution is 2.08. The van der Waals surface area contributed by atoms with Gasteiger partial charge in [0.2, 0.25) is 0 Å². The molecule has 5 nitrogen and oxygen atoms in total. The number of hydrogen-bond acceptors (Lipinski definition) is 4. The lowest BCUT2D eigenvalue weighted by Crippen LogP contribution is -2.45. The molecule has 1 heterocycles. The largest absolute Gasteiger partial charge is 0.394 e. The van der Waals surface area contributed by atoms with E-state index in [0.717, 1.165) is 12.2 Å². The number of nitrogens with zero attached hydrogens (tertiary/aromatic N) is 3. The summed E-state index contributed by atoms with van der Waals surface area (Å²) in [5.74, 6) is 0.873. The van der Waals surface area contributed by atoms with Gasteiger partial charge in [0, 0.05) is 12.6 Å². The van der Waals surface area contributed by atoms with E-state index in [4.69, 9.17) is 0 Å². The first kappa shape index (κ1) is 11.1. The average Bonchev–Trinajstić information content (AvgIpc) is 2.61. The van der Waals surface area contributed by atoms with Crippen molar-refractivity contribution in [3.8, 4) is 0 Å². The monoisotopic (exact) mass is 198 g/mol. The fraction of sp³-hybridized carbons (Fsp3) is 0.778. The van der Waals surface area contributed by atoms with Gasteiger partial charge in [-0.15, -0.1) is 0 Å². The third-order valence-corrected chi connectivity index (χ3v) is 2.61. The average molecular weight is 198 g/mol. The minimum Gasteiger partial charge on any atom is -0.394 e. The third kappa shape index (κ3) is 2.52. The Balaban J connectivity index is 2.52. The highest BCUT2D eigenvalue weighted by Gasteiger charge is 2.20. The van der Waals surface area contributed by atoms with Gasteiger partial charge in [-0.3, -0.25) is 4.68 Å². The van der Waals surface area contributed by atoms with Crippen molar-refractivity contribution in [2.75, 3.05) is 6.61 Å². The summed E-state index contributed by atoms with van der Waals surface area (Å²) >= 11 is 0. The molecule has 1 aromatic rings. The predicted molar refractivity (Wildman–Crippen MR) is 53.6 cm³/mol. The van der Waals surface area contributed by atoms with E-state index < -0.39 is 0 Å². The molecule has 80 valence electrons. The topological polar surface area (TPSA) is 63.0 Å². The van der Waals surface area contributed by atoms with Crippen molar-refractivity contribution in [2.24, 2.45) is 7.05 Å². The predicted octanol–water partition coefficient (Wildman–Crippen LogP) is 0.0657. The number of aliphatic hydroxyl groups is 1. The Morgan fingerprint density at radius 1 is 1.64 bits per heavy atom. The minimum atomic E-state index is -0.230. The summed E-state index contributed by atoms with van der Waals surface area (Å²) in [6, 6.07) is 0. The molecule has 0 amide bonds. The molecule has 0 aliphatic rings. The maximum Gasteiger partial charge on any atom is 0.140 e. The SMILES string of the molecule is CCC(C)(CO)NCc1ncnn1C. The van der Waals surface area contributed by atoms with E-state index in [9.17, 15) is 5.11 Å². The fourth-order valence-electron chi connectivity index (χ4n) is 1.07. The standard InChI is InChI=1S/C9H18N4O/c1-4-9(2,6-14)11-5-8-10-7-12-13(8)3/h7,11,14H,4-6H2,1-3H3. The van der Waals surface area contributed by atoms with Gasteiger partial charge in [0.05, 0.1) is 13.2 Å². The van der Waals surface area contributed by atoms with Crippen molar-refractivity contribution in [3.63, 3.8) is 0 Å². The van der Waals surface area contributed by atoms with Crippen LogP contribution in [0.25, 0.3) is 0 Å². The van der Waals surface area contributed by atoms with Crippen LogP contribution in [0.4, 0.5) is 0 Å². The molecule has 0 saturated carbocycles. The Morgan fingerprint density at radius 2 is 2.36 bits per heavy atom. The molecule has 5 heteroatoms. The van der Waals surface area contributed by atoms with Crippen molar-refractivity contribution in [1.82, 2.24) is 20.1 Å². The lowest BCUT2D eigenvalue weighted by atomic mass is 10.0. The molecule has 0 bridgehead atoms. The minimum absolute atomic E-state index is 0.126. The molecule has 0 aliphatic heterocycles. The highest BCUT2D eigenvalue weighted by atomic mass is 16.3. The number of aromatic nitrogens is 3. The van der Waals surface area contributed by atoms with Crippen LogP contribution in [0.5, 0.6) is 0 Å². The van der Waals surface area contributed by atoms with E-state index >= 15 is 0 Å². The molecule has 2 N–H and O–H groups in total.